The number of hydrogen-bond acceptors (Lipinski definition) is 0. The van der Waals surface area contributed by atoms with E-state index in [1.807, 2.05) is 0 Å². The van der Waals surface area contributed by atoms with E-state index >= 15 is 0 Å². The summed E-state index contributed by atoms with van der Waals surface area (Å²) in [5.74, 6) is 0. The first-order valence-corrected chi connectivity index (χ1v) is 20.6. The lowest BCUT2D eigenvalue weighted by molar-refractivity contribution is 0.630. The van der Waals surface area contributed by atoms with Crippen molar-refractivity contribution >= 4 is 98.3 Å². The molecule has 7 heterocycles. The van der Waals surface area contributed by atoms with Crippen molar-refractivity contribution < 1.29 is 0 Å². The summed E-state index contributed by atoms with van der Waals surface area (Å²) < 4.78 is 10.2. The van der Waals surface area contributed by atoms with Crippen molar-refractivity contribution in [1.82, 2.24) is 17.9 Å². The van der Waals surface area contributed by atoms with Gasteiger partial charge in [-0.25, -0.2) is 0 Å². The van der Waals surface area contributed by atoms with E-state index in [4.69, 9.17) is 0 Å². The number of nitrogens with zero attached hydrogens (tertiary/aromatic N) is 4. The fraction of sp³-hybridized carbons (Fsp3) is 0.111. The first kappa shape index (κ1) is 30.1. The van der Waals surface area contributed by atoms with Crippen molar-refractivity contribution in [3.05, 3.63) is 168 Å². The Morgan fingerprint density at radius 2 is 0.638 bits per heavy atom. The highest BCUT2D eigenvalue weighted by atomic mass is 15.0. The Morgan fingerprint density at radius 1 is 0.293 bits per heavy atom. The van der Waals surface area contributed by atoms with Gasteiger partial charge in [-0.1, -0.05) is 125 Å². The Hall–Kier alpha value is -7.04. The van der Waals surface area contributed by atoms with Crippen LogP contribution in [0.5, 0.6) is 0 Å². The molecule has 58 heavy (non-hydrogen) atoms. The van der Waals surface area contributed by atoms with E-state index < -0.39 is 0 Å². The molecule has 0 radical (unpaired) electrons. The molecule has 0 atom stereocenters. The zero-order valence-electron chi connectivity index (χ0n) is 32.6. The molecule has 2 aliphatic rings. The number of rotatable bonds is 0. The molecule has 0 fully saturated rings. The van der Waals surface area contributed by atoms with Crippen LogP contribution in [0.1, 0.15) is 49.9 Å². The van der Waals surface area contributed by atoms with Crippen LogP contribution < -0.4 is 0 Å². The lowest BCUT2D eigenvalue weighted by atomic mass is 9.75. The topological polar surface area (TPSA) is 18.7 Å². The third-order valence-electron chi connectivity index (χ3n) is 14.8. The Bertz CT molecular complexity index is 3810. The van der Waals surface area contributed by atoms with Crippen LogP contribution in [-0.4, -0.2) is 17.9 Å². The summed E-state index contributed by atoms with van der Waals surface area (Å²) >= 11 is 0. The van der Waals surface area contributed by atoms with E-state index in [1.165, 1.54) is 132 Å². The molecular formula is C54H36N4. The summed E-state index contributed by atoms with van der Waals surface area (Å²) in [6.45, 7) is 9.52. The van der Waals surface area contributed by atoms with E-state index in [0.717, 1.165) is 0 Å². The summed E-state index contributed by atoms with van der Waals surface area (Å²) in [4.78, 5) is 0. The van der Waals surface area contributed by atoms with Crippen LogP contribution >= 0.6 is 0 Å². The highest BCUT2D eigenvalue weighted by Gasteiger charge is 2.37. The van der Waals surface area contributed by atoms with Gasteiger partial charge in [-0.2, -0.15) is 0 Å². The predicted octanol–water partition coefficient (Wildman–Crippen LogP) is 13.7. The van der Waals surface area contributed by atoms with Crippen LogP contribution in [0.25, 0.3) is 110 Å². The quantitative estimate of drug-likeness (QED) is 0.138. The predicted molar refractivity (Wildman–Crippen MR) is 242 cm³/mol. The zero-order valence-corrected chi connectivity index (χ0v) is 32.6. The molecule has 0 N–H and O–H groups in total. The SMILES string of the molecule is CC1(C)c2ccccc2-n2c3cc4c5cccc6c5n(c4cc3c3cccc1c32)c1cccc2c3cc4c(cc3n6c21)c1cccc2c1n4-c1ccccc1C2(C)C. The highest BCUT2D eigenvalue weighted by molar-refractivity contribution is 6.26. The van der Waals surface area contributed by atoms with Gasteiger partial charge in [-0.05, 0) is 70.8 Å². The minimum absolute atomic E-state index is 0.0980. The van der Waals surface area contributed by atoms with E-state index in [1.54, 1.807) is 0 Å². The molecule has 8 aromatic carbocycles. The molecular weight excluding hydrogens is 705 g/mol. The normalized spacial score (nSPS) is 15.5. The average molecular weight is 741 g/mol. The summed E-state index contributed by atoms with van der Waals surface area (Å²) in [6, 6.07) is 55.7. The first-order valence-electron chi connectivity index (χ1n) is 20.6. The molecule has 0 saturated carbocycles. The maximum atomic E-state index is 2.57. The maximum Gasteiger partial charge on any atom is 0.0783 e. The van der Waals surface area contributed by atoms with Crippen LogP contribution in [0.3, 0.4) is 0 Å². The van der Waals surface area contributed by atoms with E-state index in [2.05, 4.69) is 191 Å². The van der Waals surface area contributed by atoms with Gasteiger partial charge in [0, 0.05) is 53.9 Å². The maximum absolute atomic E-state index is 2.57. The molecule has 0 spiro atoms. The highest BCUT2D eigenvalue weighted by Crippen LogP contribution is 2.51. The monoisotopic (exact) mass is 740 g/mol. The van der Waals surface area contributed by atoms with Gasteiger partial charge in [0.15, 0.2) is 0 Å². The molecule has 4 nitrogen and oxygen atoms in total. The Balaban J connectivity index is 1.12. The van der Waals surface area contributed by atoms with Crippen molar-refractivity contribution in [3.63, 3.8) is 0 Å². The van der Waals surface area contributed by atoms with Crippen molar-refractivity contribution in [3.8, 4) is 11.4 Å². The smallest absolute Gasteiger partial charge is 0.0783 e. The number of aromatic nitrogens is 4. The Kier molecular flexibility index (Phi) is 4.88. The largest absolute Gasteiger partial charge is 0.309 e. The van der Waals surface area contributed by atoms with Gasteiger partial charge in [0.1, 0.15) is 0 Å². The van der Waals surface area contributed by atoms with Crippen LogP contribution in [-0.2, 0) is 10.8 Å². The summed E-state index contributed by atoms with van der Waals surface area (Å²) in [7, 11) is 0. The Morgan fingerprint density at radius 3 is 1.09 bits per heavy atom. The van der Waals surface area contributed by atoms with Crippen molar-refractivity contribution in [2.45, 2.75) is 38.5 Å². The number of benzene rings is 8. The molecule has 0 saturated heterocycles. The van der Waals surface area contributed by atoms with Crippen molar-refractivity contribution in [2.24, 2.45) is 0 Å². The van der Waals surface area contributed by atoms with Gasteiger partial charge in [-0.15, -0.1) is 0 Å². The van der Waals surface area contributed by atoms with Crippen LogP contribution in [0.4, 0.5) is 0 Å². The second-order valence-electron chi connectivity index (χ2n) is 18.1. The van der Waals surface area contributed by atoms with Crippen molar-refractivity contribution in [2.75, 3.05) is 0 Å². The third-order valence-corrected chi connectivity index (χ3v) is 14.8. The van der Waals surface area contributed by atoms with E-state index in [-0.39, 0.29) is 10.8 Å². The Labute approximate surface area is 332 Å². The minimum Gasteiger partial charge on any atom is -0.309 e. The average Bonchev–Trinajstić information content (AvgIpc) is 3.96. The molecule has 2 aliphatic heterocycles. The fourth-order valence-electron chi connectivity index (χ4n) is 12.3. The van der Waals surface area contributed by atoms with E-state index in [9.17, 15) is 0 Å². The molecule has 5 aromatic heterocycles. The third kappa shape index (κ3) is 3.09. The van der Waals surface area contributed by atoms with Crippen LogP contribution in [0.2, 0.25) is 0 Å². The molecule has 0 unspecified atom stereocenters. The van der Waals surface area contributed by atoms with Gasteiger partial charge in [-0.3, -0.25) is 0 Å². The molecule has 272 valence electrons. The second-order valence-corrected chi connectivity index (χ2v) is 18.1. The summed E-state index contributed by atoms with van der Waals surface area (Å²) in [5.41, 5.74) is 20.6. The van der Waals surface area contributed by atoms with Gasteiger partial charge in [0.2, 0.25) is 0 Å². The lowest BCUT2D eigenvalue weighted by Crippen LogP contribution is -2.26. The van der Waals surface area contributed by atoms with Crippen LogP contribution in [0.15, 0.2) is 146 Å². The molecule has 0 bridgehead atoms. The van der Waals surface area contributed by atoms with Gasteiger partial charge in [0.25, 0.3) is 0 Å². The summed E-state index contributed by atoms with van der Waals surface area (Å²) in [6.07, 6.45) is 0. The molecule has 0 aliphatic carbocycles. The second kappa shape index (κ2) is 9.39. The van der Waals surface area contributed by atoms with Gasteiger partial charge < -0.3 is 17.9 Å². The number of para-hydroxylation sites is 6. The lowest BCUT2D eigenvalue weighted by Gasteiger charge is -2.34. The first-order chi connectivity index (χ1) is 28.3. The number of hydrogen-bond donors (Lipinski definition) is 0. The zero-order chi connectivity index (χ0) is 38.1. The fourth-order valence-corrected chi connectivity index (χ4v) is 12.3. The standard InChI is InChI=1S/C54H36N4/c1-53(2)37-17-5-7-21-41(37)55-45-27-35-31-15-11-24-44-51(31)57(47(35)25-33(45)29-13-9-19-39(53)49(29)55)43-23-12-16-32-36-28-46-34(26-48(36)58(44)52(32)43)30-14-10-20-40-50(30)56(46)42-22-8-6-18-38(42)54(40,3)4/h5-28H,1-4H3. The molecule has 0 amide bonds. The van der Waals surface area contributed by atoms with E-state index in [0.29, 0.717) is 0 Å². The van der Waals surface area contributed by atoms with Crippen molar-refractivity contribution in [1.29, 1.82) is 0 Å². The number of fused-ring (bicyclic) bond motifs is 18. The van der Waals surface area contributed by atoms with Gasteiger partial charge in [0.05, 0.1) is 66.5 Å². The minimum atomic E-state index is -0.0980. The molecule has 15 rings (SSSR count). The van der Waals surface area contributed by atoms with Gasteiger partial charge >= 0.3 is 0 Å². The summed E-state index contributed by atoms with van der Waals surface area (Å²) in [5, 5.41) is 10.4. The molecule has 4 heteroatoms. The van der Waals surface area contributed by atoms with Crippen LogP contribution in [0, 0.1) is 0 Å². The molecule has 13 aromatic rings.